The zero-order valence-corrected chi connectivity index (χ0v) is 7.50. The van der Waals surface area contributed by atoms with Gasteiger partial charge in [0.25, 0.3) is 0 Å². The van der Waals surface area contributed by atoms with Gasteiger partial charge in [-0.25, -0.2) is 0 Å². The first kappa shape index (κ1) is 7.04. The Morgan fingerprint density at radius 1 is 1.83 bits per heavy atom. The van der Waals surface area contributed by atoms with E-state index in [0.717, 1.165) is 18.8 Å². The molecule has 0 heterocycles. The molecule has 0 bridgehead atoms. The average Bonchev–Trinajstić information content (AvgIpc) is 1.35. The predicted molar refractivity (Wildman–Crippen MR) is 19.9 cm³/mol. The van der Waals surface area contributed by atoms with Gasteiger partial charge in [0.15, 0.2) is 0 Å². The Kier molecular flexibility index (Phi) is 2.78. The van der Waals surface area contributed by atoms with Gasteiger partial charge in [-0.15, -0.1) is 0 Å². The van der Waals surface area contributed by atoms with Crippen LogP contribution in [0.15, 0.2) is 0 Å². The van der Waals surface area contributed by atoms with Crippen molar-refractivity contribution in [3.05, 3.63) is 0 Å². The van der Waals surface area contributed by atoms with Gasteiger partial charge in [-0.05, 0) is 0 Å². The van der Waals surface area contributed by atoms with E-state index in [1.807, 2.05) is 0 Å². The first-order chi connectivity index (χ1) is 2.56. The molecule has 0 amide bonds. The van der Waals surface area contributed by atoms with Crippen molar-refractivity contribution in [3.63, 3.8) is 0 Å². The van der Waals surface area contributed by atoms with Crippen molar-refractivity contribution >= 4 is 5.35 Å². The fourth-order valence-electron chi connectivity index (χ4n) is 0. The minimum absolute atomic E-state index is 1.03. The fraction of sp³-hybridized carbons (Fsp3) is 1.00. The minimum atomic E-state index is -2.06. The molecule has 0 saturated heterocycles. The molecule has 38 valence electrons. The van der Waals surface area contributed by atoms with Crippen molar-refractivity contribution in [1.82, 2.24) is 0 Å². The van der Waals surface area contributed by atoms with Crippen molar-refractivity contribution in [1.29, 1.82) is 0 Å². The molecular formula is C2H6O2PW-. The second-order valence-electron chi connectivity index (χ2n) is 0.954. The van der Waals surface area contributed by atoms with Gasteiger partial charge < -0.3 is 0 Å². The van der Waals surface area contributed by atoms with Crippen molar-refractivity contribution in [3.8, 4) is 0 Å². The maximum absolute atomic E-state index is 10.4. The van der Waals surface area contributed by atoms with E-state index in [2.05, 4.69) is 4.52 Å². The fourth-order valence-corrected chi connectivity index (χ4v) is 0. The van der Waals surface area contributed by atoms with E-state index in [0.29, 0.717) is 0 Å². The molecule has 0 rings (SSSR count). The van der Waals surface area contributed by atoms with E-state index in [-0.39, 0.29) is 0 Å². The van der Waals surface area contributed by atoms with Gasteiger partial charge in [-0.3, -0.25) is 0 Å². The van der Waals surface area contributed by atoms with Crippen LogP contribution in [-0.2, 0) is 23.3 Å². The Balaban J connectivity index is 3.48. The zero-order valence-electron chi connectivity index (χ0n) is 3.67. The van der Waals surface area contributed by atoms with Gasteiger partial charge >= 0.3 is 47.3 Å². The molecule has 1 atom stereocenters. The summed E-state index contributed by atoms with van der Waals surface area (Å²) in [6.45, 7) is 1.61. The van der Waals surface area contributed by atoms with Crippen LogP contribution in [0.2, 0.25) is 0 Å². The van der Waals surface area contributed by atoms with Crippen molar-refractivity contribution in [2.24, 2.45) is 0 Å². The third-order valence-corrected chi connectivity index (χ3v) is 2.60. The molecule has 0 aliphatic heterocycles. The van der Waals surface area contributed by atoms with Gasteiger partial charge in [0.2, 0.25) is 0 Å². The van der Waals surface area contributed by atoms with Gasteiger partial charge in [0.05, 0.1) is 0 Å². The standard InChI is InChI=1S/C2H6O2P.W/c1-4-5(2)3;/h1-2H3;/q-1;. The van der Waals surface area contributed by atoms with E-state index in [9.17, 15) is 4.89 Å². The second kappa shape index (κ2) is 2.37. The van der Waals surface area contributed by atoms with E-state index >= 15 is 0 Å². The van der Waals surface area contributed by atoms with Crippen molar-refractivity contribution in [2.75, 3.05) is 13.8 Å². The van der Waals surface area contributed by atoms with Crippen LogP contribution in [0.5, 0.6) is 0 Å². The molecule has 4 heteroatoms. The molecule has 0 spiro atoms. The molecule has 0 N–H and O–H groups in total. The van der Waals surface area contributed by atoms with Crippen LogP contribution in [0, 0.1) is 0 Å². The quantitative estimate of drug-likeness (QED) is 0.628. The molecule has 0 aliphatic carbocycles. The summed E-state index contributed by atoms with van der Waals surface area (Å²) in [6, 6.07) is 0. The van der Waals surface area contributed by atoms with Crippen molar-refractivity contribution < 1.29 is 28.2 Å². The molecule has 0 aromatic heterocycles. The summed E-state index contributed by atoms with van der Waals surface area (Å²) in [7, 11) is 1.47. The van der Waals surface area contributed by atoms with E-state index in [1.165, 1.54) is 7.11 Å². The summed E-state index contributed by atoms with van der Waals surface area (Å²) in [5, 5.41) is -2.06. The van der Waals surface area contributed by atoms with Crippen LogP contribution in [0.1, 0.15) is 0 Å². The first-order valence-electron chi connectivity index (χ1n) is 1.40. The summed E-state index contributed by atoms with van der Waals surface area (Å²) in [6.07, 6.45) is 0. The van der Waals surface area contributed by atoms with E-state index < -0.39 is 5.35 Å². The number of hydrogen-bond acceptors (Lipinski definition) is 2. The van der Waals surface area contributed by atoms with Crippen LogP contribution in [0.25, 0.3) is 0 Å². The predicted octanol–water partition coefficient (Wildman–Crippen LogP) is -0.0677. The zero-order chi connectivity index (χ0) is 5.21. The summed E-state index contributed by atoms with van der Waals surface area (Å²) < 4.78 is 4.53. The van der Waals surface area contributed by atoms with Gasteiger partial charge in [-0.2, -0.15) is 0 Å². The maximum atomic E-state index is 10.4. The molecule has 0 saturated carbocycles. The molecule has 2 nitrogen and oxygen atoms in total. The monoisotopic (exact) mass is 277 g/mol. The number of hydrogen-bond donors (Lipinski definition) is 0. The summed E-state index contributed by atoms with van der Waals surface area (Å²) in [5.74, 6) is 0. The van der Waals surface area contributed by atoms with Gasteiger partial charge in [0, 0.05) is 0 Å². The van der Waals surface area contributed by atoms with Crippen molar-refractivity contribution in [2.45, 2.75) is 0 Å². The molecule has 0 aromatic rings. The molecular weight excluding hydrogens is 271 g/mol. The van der Waals surface area contributed by atoms with Crippen LogP contribution < -0.4 is 4.89 Å². The van der Waals surface area contributed by atoms with Crippen LogP contribution in [-0.4, -0.2) is 13.8 Å². The summed E-state index contributed by atoms with van der Waals surface area (Å²) in [4.78, 5) is 10.4. The van der Waals surface area contributed by atoms with Crippen LogP contribution >= 0.6 is 5.35 Å². The molecule has 6 heavy (non-hydrogen) atoms. The summed E-state index contributed by atoms with van der Waals surface area (Å²) >= 11 is 1.03. The van der Waals surface area contributed by atoms with Crippen LogP contribution in [0.3, 0.4) is 0 Å². The Hall–Kier alpha value is 1.04. The number of rotatable bonds is 1. The second-order valence-corrected chi connectivity index (χ2v) is 10.0. The Morgan fingerprint density at radius 3 is 2.00 bits per heavy atom. The third-order valence-electron chi connectivity index (χ3n) is 0.332. The third kappa shape index (κ3) is 5.04. The Labute approximate surface area is 47.8 Å². The Bertz CT molecular complexity index is 75.6. The van der Waals surface area contributed by atoms with Gasteiger partial charge in [-0.1, -0.05) is 0 Å². The van der Waals surface area contributed by atoms with Crippen LogP contribution in [0.4, 0.5) is 0 Å². The Morgan fingerprint density at radius 2 is 2.00 bits per heavy atom. The molecule has 0 radical (unpaired) electrons. The molecule has 0 fully saturated rings. The molecule has 0 aromatic carbocycles. The molecule has 0 aliphatic rings. The van der Waals surface area contributed by atoms with E-state index in [1.54, 1.807) is 6.66 Å². The van der Waals surface area contributed by atoms with Gasteiger partial charge in [0.1, 0.15) is 0 Å². The van der Waals surface area contributed by atoms with E-state index in [4.69, 9.17) is 0 Å². The topological polar surface area (TPSA) is 32.3 Å². The molecule has 1 unspecified atom stereocenters. The SMILES string of the molecule is CO[P](C)([O-])=[W]. The summed E-state index contributed by atoms with van der Waals surface area (Å²) in [5.41, 5.74) is 0. The average molecular weight is 277 g/mol. The first-order valence-corrected chi connectivity index (χ1v) is 7.33. The normalized spacial score (nSPS) is 19.8.